The van der Waals surface area contributed by atoms with E-state index in [0.717, 1.165) is 0 Å². The molecule has 14 heteroatoms. The lowest BCUT2D eigenvalue weighted by Crippen LogP contribution is -2.25. The molecule has 2 N–H and O–H groups in total. The number of halogens is 1. The molecule has 0 aromatic heterocycles. The van der Waals surface area contributed by atoms with Crippen LogP contribution in [0.25, 0.3) is 0 Å². The first-order valence-electron chi connectivity index (χ1n) is 10.3. The zero-order valence-electron chi connectivity index (χ0n) is 20.2. The van der Waals surface area contributed by atoms with E-state index in [0.29, 0.717) is 11.9 Å². The second-order valence-corrected chi connectivity index (χ2v) is 6.97. The molecule has 0 amide bonds. The maximum Gasteiger partial charge on any atom is 0.508 e. The Morgan fingerprint density at radius 3 is 1.35 bits per heavy atom. The number of alkyl halides is 1. The van der Waals surface area contributed by atoms with E-state index in [4.69, 9.17) is 34.0 Å². The van der Waals surface area contributed by atoms with Gasteiger partial charge in [-0.1, -0.05) is 22.9 Å². The van der Waals surface area contributed by atoms with Gasteiger partial charge in [0.1, 0.15) is 13.2 Å². The van der Waals surface area contributed by atoms with Crippen molar-refractivity contribution >= 4 is 46.1 Å². The summed E-state index contributed by atoms with van der Waals surface area (Å²) in [5.74, 6) is -2.50. The monoisotopic (exact) mass is 562 g/mol. The average Bonchev–Trinajstić information content (AvgIpc) is 2.78. The molecule has 3 atom stereocenters. The Morgan fingerprint density at radius 1 is 0.676 bits per heavy atom. The fourth-order valence-corrected chi connectivity index (χ4v) is 1.66. The molecule has 0 radical (unpaired) electrons. The van der Waals surface area contributed by atoms with Crippen molar-refractivity contribution in [1.82, 2.24) is 0 Å². The van der Waals surface area contributed by atoms with E-state index in [2.05, 4.69) is 25.7 Å². The Morgan fingerprint density at radius 2 is 1.06 bits per heavy atom. The van der Waals surface area contributed by atoms with Gasteiger partial charge in [-0.2, -0.15) is 4.89 Å². The van der Waals surface area contributed by atoms with Gasteiger partial charge in [-0.3, -0.25) is 14.5 Å². The topological polar surface area (TPSA) is 181 Å². The van der Waals surface area contributed by atoms with Crippen LogP contribution in [0.2, 0.25) is 0 Å². The largest absolute Gasteiger partial charge is 0.508 e. The summed E-state index contributed by atoms with van der Waals surface area (Å²) in [6.45, 7) is 10.7. The fraction of sp³-hybridized carbons (Fsp3) is 0.750. The van der Waals surface area contributed by atoms with Crippen LogP contribution in [0.4, 0.5) is 9.59 Å². The van der Waals surface area contributed by atoms with Crippen molar-refractivity contribution in [3.8, 4) is 0 Å². The van der Waals surface area contributed by atoms with Crippen molar-refractivity contribution in [2.45, 2.75) is 41.5 Å². The first kappa shape index (κ1) is 36.0. The molecule has 0 fully saturated rings. The molecule has 0 saturated carbocycles. The minimum Gasteiger partial charge on any atom is -0.466 e. The number of carbonyl (C=O) groups is 5. The molecule has 0 aromatic rings. The maximum atomic E-state index is 11.3. The lowest BCUT2D eigenvalue weighted by Gasteiger charge is -2.13. The highest BCUT2D eigenvalue weighted by molar-refractivity contribution is 9.09. The van der Waals surface area contributed by atoms with Gasteiger partial charge in [0.2, 0.25) is 0 Å². The number of rotatable bonds is 12. The van der Waals surface area contributed by atoms with Crippen LogP contribution in [-0.4, -0.2) is 78.8 Å². The van der Waals surface area contributed by atoms with Crippen LogP contribution < -0.4 is 0 Å². The van der Waals surface area contributed by atoms with Gasteiger partial charge in [-0.05, 0) is 34.6 Å². The predicted molar refractivity (Wildman–Crippen MR) is 120 cm³/mol. The summed E-state index contributed by atoms with van der Waals surface area (Å²) in [4.78, 5) is 61.9. The highest BCUT2D eigenvalue weighted by Crippen LogP contribution is 2.04. The van der Waals surface area contributed by atoms with Crippen molar-refractivity contribution < 1.29 is 62.9 Å². The summed E-state index contributed by atoms with van der Waals surface area (Å²) in [6, 6.07) is 0. The van der Waals surface area contributed by atoms with E-state index in [1.165, 1.54) is 0 Å². The van der Waals surface area contributed by atoms with Crippen molar-refractivity contribution in [3.63, 3.8) is 0 Å². The maximum absolute atomic E-state index is 11.3. The number of hydrogen-bond donors (Lipinski definition) is 2. The van der Waals surface area contributed by atoms with Crippen LogP contribution in [0.15, 0.2) is 0 Å². The zero-order valence-corrected chi connectivity index (χ0v) is 21.8. The molecule has 0 saturated heterocycles. The van der Waals surface area contributed by atoms with Crippen molar-refractivity contribution in [2.24, 2.45) is 17.8 Å². The SMILES string of the molecule is CCOC(=O)C(C)COC(=O)OCC(C)C(=O)OCC.CCOOC(=O)C(C)CBr.O=C(O)O. The number of ether oxygens (including phenoxy) is 4. The van der Waals surface area contributed by atoms with Gasteiger partial charge in [0.05, 0.1) is 37.6 Å². The van der Waals surface area contributed by atoms with Crippen LogP contribution in [0.5, 0.6) is 0 Å². The molecule has 0 heterocycles. The molecule has 0 bridgehead atoms. The van der Waals surface area contributed by atoms with E-state index in [1.54, 1.807) is 41.5 Å². The average molecular weight is 563 g/mol. The molecule has 0 aliphatic carbocycles. The van der Waals surface area contributed by atoms with Gasteiger partial charge >= 0.3 is 30.2 Å². The van der Waals surface area contributed by atoms with E-state index in [9.17, 15) is 19.2 Å². The zero-order chi connectivity index (χ0) is 27.1. The van der Waals surface area contributed by atoms with Crippen LogP contribution in [-0.2, 0) is 43.1 Å². The predicted octanol–water partition coefficient (Wildman–Crippen LogP) is 3.27. The highest BCUT2D eigenvalue weighted by Gasteiger charge is 2.19. The summed E-state index contributed by atoms with van der Waals surface area (Å²) in [5, 5.41) is 14.5. The summed E-state index contributed by atoms with van der Waals surface area (Å²) < 4.78 is 19.0. The molecule has 0 aliphatic heterocycles. The molecule has 0 spiro atoms. The van der Waals surface area contributed by atoms with Gasteiger partial charge in [-0.25, -0.2) is 14.4 Å². The summed E-state index contributed by atoms with van der Waals surface area (Å²) in [6.07, 6.45) is -2.77. The van der Waals surface area contributed by atoms with Crippen LogP contribution in [0.3, 0.4) is 0 Å². The smallest absolute Gasteiger partial charge is 0.466 e. The van der Waals surface area contributed by atoms with Crippen LogP contribution >= 0.6 is 15.9 Å². The standard InChI is InChI=1S/C13H22O7.C6H11BrO3.CH2O3/c1-5-17-11(14)9(3)7-19-13(16)20-8-10(4)12(15)18-6-2;1-3-9-10-6(8)5(2)4-7;2-1(3)4/h9-10H,5-8H2,1-4H3;5H,3-4H2,1-2H3;(H2,2,3,4). The fourth-order valence-electron chi connectivity index (χ4n) is 1.39. The summed E-state index contributed by atoms with van der Waals surface area (Å²) in [7, 11) is 0. The molecule has 0 aromatic carbocycles. The van der Waals surface area contributed by atoms with Crippen LogP contribution in [0.1, 0.15) is 41.5 Å². The minimum absolute atomic E-state index is 0.133. The first-order chi connectivity index (χ1) is 15.9. The number of carboxylic acid groups (broad SMARTS) is 2. The highest BCUT2D eigenvalue weighted by atomic mass is 79.9. The Balaban J connectivity index is -0.000000568. The van der Waals surface area contributed by atoms with E-state index in [1.807, 2.05) is 0 Å². The van der Waals surface area contributed by atoms with Gasteiger partial charge in [0, 0.05) is 5.33 Å². The Bertz CT molecular complexity index is 563. The molecule has 34 heavy (non-hydrogen) atoms. The Labute approximate surface area is 207 Å². The molecule has 0 rings (SSSR count). The van der Waals surface area contributed by atoms with E-state index >= 15 is 0 Å². The van der Waals surface area contributed by atoms with Gasteiger partial charge in [-0.15, -0.1) is 0 Å². The molecular formula is C20H35BrO13. The molecule has 3 unspecified atom stereocenters. The lowest BCUT2D eigenvalue weighted by atomic mass is 10.2. The number of hydrogen-bond acceptors (Lipinski definition) is 11. The van der Waals surface area contributed by atoms with E-state index < -0.39 is 36.1 Å². The van der Waals surface area contributed by atoms with Crippen molar-refractivity contribution in [3.05, 3.63) is 0 Å². The van der Waals surface area contributed by atoms with Crippen molar-refractivity contribution in [1.29, 1.82) is 0 Å². The number of carbonyl (C=O) groups excluding carboxylic acids is 4. The first-order valence-corrected chi connectivity index (χ1v) is 11.4. The van der Waals surface area contributed by atoms with Gasteiger partial charge in [0.15, 0.2) is 0 Å². The normalized spacial score (nSPS) is 12.1. The number of esters is 2. The third-order valence-electron chi connectivity index (χ3n) is 3.17. The Hall–Kier alpha value is -2.61. The summed E-state index contributed by atoms with van der Waals surface area (Å²) >= 11 is 3.15. The minimum atomic E-state index is -1.83. The Kier molecular flexibility index (Phi) is 24.9. The molecule has 0 aliphatic rings. The third-order valence-corrected chi connectivity index (χ3v) is 4.14. The van der Waals surface area contributed by atoms with E-state index in [-0.39, 0.29) is 38.3 Å². The van der Waals surface area contributed by atoms with Crippen LogP contribution in [0, 0.1) is 17.8 Å². The van der Waals surface area contributed by atoms with Gasteiger partial charge in [0.25, 0.3) is 0 Å². The third kappa shape index (κ3) is 24.0. The second kappa shape index (κ2) is 23.5. The van der Waals surface area contributed by atoms with Gasteiger partial charge < -0.3 is 29.2 Å². The quantitative estimate of drug-likeness (QED) is 0.116. The summed E-state index contributed by atoms with van der Waals surface area (Å²) in [5.41, 5.74) is 0. The molecule has 13 nitrogen and oxygen atoms in total. The second-order valence-electron chi connectivity index (χ2n) is 6.33. The molecular weight excluding hydrogens is 528 g/mol. The molecule has 200 valence electrons. The van der Waals surface area contributed by atoms with Crippen molar-refractivity contribution in [2.75, 3.05) is 38.4 Å². The lowest BCUT2D eigenvalue weighted by molar-refractivity contribution is -0.272.